The van der Waals surface area contributed by atoms with Crippen molar-refractivity contribution in [2.45, 2.75) is 17.0 Å². The lowest BCUT2D eigenvalue weighted by Gasteiger charge is -2.25. The van der Waals surface area contributed by atoms with Crippen LogP contribution in [0.3, 0.4) is 0 Å². The number of nitrogens with one attached hydrogen (secondary N) is 1. The van der Waals surface area contributed by atoms with Gasteiger partial charge in [-0.25, -0.2) is 4.98 Å². The van der Waals surface area contributed by atoms with Gasteiger partial charge in [-0.2, -0.15) is 8.78 Å². The molecule has 3 aromatic rings. The van der Waals surface area contributed by atoms with E-state index in [0.29, 0.717) is 33.4 Å². The first-order valence-electron chi connectivity index (χ1n) is 7.90. The lowest BCUT2D eigenvalue weighted by Crippen LogP contribution is -2.35. The van der Waals surface area contributed by atoms with Gasteiger partial charge in [0.25, 0.3) is 0 Å². The molecule has 2 aromatic heterocycles. The van der Waals surface area contributed by atoms with Crippen molar-refractivity contribution in [3.63, 3.8) is 0 Å². The van der Waals surface area contributed by atoms with Gasteiger partial charge in [-0.3, -0.25) is 4.98 Å². The van der Waals surface area contributed by atoms with Crippen molar-refractivity contribution in [3.8, 4) is 23.0 Å². The van der Waals surface area contributed by atoms with Gasteiger partial charge < -0.3 is 23.9 Å². The van der Waals surface area contributed by atoms with Gasteiger partial charge in [0, 0.05) is 24.0 Å². The number of hydrogen-bond acceptors (Lipinski definition) is 7. The largest absolute Gasteiger partial charge is 0.493 e. The van der Waals surface area contributed by atoms with E-state index < -0.39 is 12.7 Å². The molecular formula is C17H15F2N3O4S. The second-order valence-electron chi connectivity index (χ2n) is 5.71. The number of alkyl halides is 2. The number of nitrogens with zero attached hydrogens (tertiary/aromatic N) is 2. The third-order valence-corrected chi connectivity index (χ3v) is 4.77. The number of aromatic nitrogens is 3. The number of thioether (sulfide) groups is 1. The number of imidazole rings is 1. The van der Waals surface area contributed by atoms with Crippen LogP contribution in [-0.2, 0) is 5.75 Å². The van der Waals surface area contributed by atoms with Crippen LogP contribution in [0.2, 0.25) is 0 Å². The molecule has 7 nitrogen and oxygen atoms in total. The molecule has 0 atom stereocenters. The smallest absolute Gasteiger partial charge is 0.433 e. The number of benzene rings is 1. The summed E-state index contributed by atoms with van der Waals surface area (Å²) >= 11 is 1.42. The number of H-pyrrole nitrogens is 1. The maximum atomic E-state index is 13.3. The third-order valence-electron chi connectivity index (χ3n) is 3.87. The molecule has 3 heterocycles. The zero-order valence-electron chi connectivity index (χ0n) is 14.4. The van der Waals surface area contributed by atoms with E-state index in [0.717, 1.165) is 5.69 Å². The average molecular weight is 395 g/mol. The molecule has 1 aliphatic heterocycles. The highest BCUT2D eigenvalue weighted by molar-refractivity contribution is 7.98. The number of ether oxygens (including phenoxy) is 4. The summed E-state index contributed by atoms with van der Waals surface area (Å²) in [5.41, 5.74) is 1.96. The Morgan fingerprint density at radius 1 is 1.19 bits per heavy atom. The van der Waals surface area contributed by atoms with E-state index >= 15 is 0 Å². The van der Waals surface area contributed by atoms with Crippen LogP contribution in [0.4, 0.5) is 8.78 Å². The number of fused-ring (bicyclic) bond motifs is 2. The molecule has 0 aliphatic carbocycles. The molecule has 0 bridgehead atoms. The fourth-order valence-electron chi connectivity index (χ4n) is 2.61. The van der Waals surface area contributed by atoms with Crippen molar-refractivity contribution in [1.82, 2.24) is 15.0 Å². The highest BCUT2D eigenvalue weighted by Gasteiger charge is 2.38. The van der Waals surface area contributed by atoms with Crippen LogP contribution in [0.1, 0.15) is 5.69 Å². The van der Waals surface area contributed by atoms with Crippen LogP contribution < -0.4 is 18.9 Å². The Morgan fingerprint density at radius 2 is 2.00 bits per heavy atom. The Morgan fingerprint density at radius 3 is 2.78 bits per heavy atom. The van der Waals surface area contributed by atoms with E-state index in [2.05, 4.69) is 19.7 Å². The first-order valence-corrected chi connectivity index (χ1v) is 8.89. The molecule has 1 aromatic carbocycles. The molecule has 0 saturated heterocycles. The Balaban J connectivity index is 1.53. The molecule has 1 N–H and O–H groups in total. The molecule has 0 amide bonds. The van der Waals surface area contributed by atoms with Crippen LogP contribution in [0.25, 0.3) is 11.0 Å². The van der Waals surface area contributed by atoms with E-state index in [1.807, 2.05) is 0 Å². The van der Waals surface area contributed by atoms with Crippen molar-refractivity contribution < 1.29 is 27.7 Å². The van der Waals surface area contributed by atoms with E-state index in [9.17, 15) is 8.78 Å². The number of methoxy groups -OCH3 is 2. The lowest BCUT2D eigenvalue weighted by atomic mass is 10.2. The Kier molecular flexibility index (Phi) is 4.42. The summed E-state index contributed by atoms with van der Waals surface area (Å²) in [6.45, 7) is -0.813. The minimum absolute atomic E-state index is 0.0247. The SMILES string of the molecule is COc1cnc(CSc2nc3cc4c(cc3[nH]2)OCC(F)(F)O4)cc1OC. The lowest BCUT2D eigenvalue weighted by molar-refractivity contribution is -0.208. The van der Waals surface area contributed by atoms with Crippen molar-refractivity contribution in [3.05, 3.63) is 30.1 Å². The van der Waals surface area contributed by atoms with Crippen molar-refractivity contribution >= 4 is 22.8 Å². The zero-order chi connectivity index (χ0) is 19.0. The third kappa shape index (κ3) is 3.57. The Bertz CT molecular complexity index is 996. The minimum atomic E-state index is -3.34. The quantitative estimate of drug-likeness (QED) is 0.661. The van der Waals surface area contributed by atoms with E-state index in [-0.39, 0.29) is 11.5 Å². The normalized spacial score (nSPS) is 15.0. The molecule has 142 valence electrons. The summed E-state index contributed by atoms with van der Waals surface area (Å²) in [5, 5.41) is 0.621. The van der Waals surface area contributed by atoms with E-state index in [4.69, 9.17) is 14.2 Å². The molecule has 10 heteroatoms. The van der Waals surface area contributed by atoms with E-state index in [1.165, 1.54) is 17.8 Å². The monoisotopic (exact) mass is 395 g/mol. The summed E-state index contributed by atoms with van der Waals surface area (Å²) in [7, 11) is 3.11. The summed E-state index contributed by atoms with van der Waals surface area (Å²) in [6.07, 6.45) is -1.75. The van der Waals surface area contributed by atoms with Crippen molar-refractivity contribution in [2.75, 3.05) is 20.8 Å². The van der Waals surface area contributed by atoms with Gasteiger partial charge in [0.15, 0.2) is 34.8 Å². The van der Waals surface area contributed by atoms with Crippen molar-refractivity contribution in [1.29, 1.82) is 0 Å². The van der Waals surface area contributed by atoms with Gasteiger partial charge in [0.05, 0.1) is 37.1 Å². The summed E-state index contributed by atoms with van der Waals surface area (Å²) < 4.78 is 46.8. The highest BCUT2D eigenvalue weighted by atomic mass is 32.2. The van der Waals surface area contributed by atoms with Crippen LogP contribution in [0.15, 0.2) is 29.6 Å². The first kappa shape index (κ1) is 17.7. The molecule has 0 radical (unpaired) electrons. The van der Waals surface area contributed by atoms with Gasteiger partial charge >= 0.3 is 6.11 Å². The van der Waals surface area contributed by atoms with Gasteiger partial charge in [-0.1, -0.05) is 11.8 Å². The Hall–Kier alpha value is -2.75. The molecule has 27 heavy (non-hydrogen) atoms. The number of halogens is 2. The summed E-state index contributed by atoms with van der Waals surface area (Å²) in [4.78, 5) is 11.9. The predicted molar refractivity (Wildman–Crippen MR) is 94.1 cm³/mol. The molecule has 1 aliphatic rings. The fraction of sp³-hybridized carbons (Fsp3) is 0.294. The van der Waals surface area contributed by atoms with Gasteiger partial charge in [0.2, 0.25) is 0 Å². The maximum absolute atomic E-state index is 13.3. The second kappa shape index (κ2) is 6.76. The average Bonchev–Trinajstić information content (AvgIpc) is 3.05. The number of aromatic amines is 1. The van der Waals surface area contributed by atoms with Gasteiger partial charge in [0.1, 0.15) is 0 Å². The fourth-order valence-corrected chi connectivity index (χ4v) is 3.39. The summed E-state index contributed by atoms with van der Waals surface area (Å²) in [5.74, 6) is 1.91. The predicted octanol–water partition coefficient (Wildman–Crippen LogP) is 3.63. The Labute approximate surface area is 157 Å². The second-order valence-corrected chi connectivity index (χ2v) is 6.67. The van der Waals surface area contributed by atoms with Crippen LogP contribution in [0, 0.1) is 0 Å². The zero-order valence-corrected chi connectivity index (χ0v) is 15.2. The molecular weight excluding hydrogens is 380 g/mol. The number of rotatable bonds is 5. The van der Waals surface area contributed by atoms with Crippen molar-refractivity contribution in [2.24, 2.45) is 0 Å². The number of pyridine rings is 1. The molecule has 0 unspecified atom stereocenters. The van der Waals surface area contributed by atoms with Crippen LogP contribution in [-0.4, -0.2) is 41.9 Å². The molecule has 4 rings (SSSR count). The topological polar surface area (TPSA) is 78.5 Å². The molecule has 0 spiro atoms. The maximum Gasteiger partial charge on any atom is 0.433 e. The standard InChI is InChI=1S/C17H15F2N3O4S/c1-23-12-3-9(20-6-15(12)24-2)7-27-16-21-10-4-13-14(5-11(10)22-16)26-17(18,19)8-25-13/h3-6H,7-8H2,1-2H3,(H,21,22). The van der Waals surface area contributed by atoms with Gasteiger partial charge in [-0.05, 0) is 0 Å². The molecule has 0 fully saturated rings. The number of hydrogen-bond donors (Lipinski definition) is 1. The summed E-state index contributed by atoms with van der Waals surface area (Å²) in [6, 6.07) is 4.83. The minimum Gasteiger partial charge on any atom is -0.493 e. The van der Waals surface area contributed by atoms with E-state index in [1.54, 1.807) is 32.5 Å². The van der Waals surface area contributed by atoms with Crippen LogP contribution in [0.5, 0.6) is 23.0 Å². The van der Waals surface area contributed by atoms with Gasteiger partial charge in [-0.15, -0.1) is 0 Å². The van der Waals surface area contributed by atoms with Crippen LogP contribution >= 0.6 is 11.8 Å². The highest BCUT2D eigenvalue weighted by Crippen LogP contribution is 2.39. The molecule has 0 saturated carbocycles. The first-order chi connectivity index (χ1) is 13.0.